The quantitative estimate of drug-likeness (QED) is 0.530. The Morgan fingerprint density at radius 3 is 1.80 bits per heavy atom. The first-order chi connectivity index (χ1) is 11.9. The average Bonchev–Trinajstić information content (AvgIpc) is 3.02. The van der Waals surface area contributed by atoms with Gasteiger partial charge in [0, 0.05) is 36.1 Å². The van der Waals surface area contributed by atoms with Crippen molar-refractivity contribution in [3.63, 3.8) is 0 Å². The minimum absolute atomic E-state index is 0.0931. The fraction of sp³-hybridized carbons (Fsp3) is 0.0625. The molecule has 0 unspecified atom stereocenters. The molecule has 0 atom stereocenters. The predicted octanol–water partition coefficient (Wildman–Crippen LogP) is 3.82. The highest BCUT2D eigenvalue weighted by atomic mass is 19.1. The first-order valence-electron chi connectivity index (χ1n) is 7.02. The van der Waals surface area contributed by atoms with Crippen molar-refractivity contribution in [3.8, 4) is 5.69 Å². The molecule has 9 heteroatoms. The monoisotopic (exact) mass is 344 g/mol. The Hall–Kier alpha value is -3.62. The molecule has 25 heavy (non-hydrogen) atoms. The molecule has 0 aliphatic heterocycles. The summed E-state index contributed by atoms with van der Waals surface area (Å²) < 4.78 is 13.9. The normalized spacial score (nSPS) is 9.84. The van der Waals surface area contributed by atoms with E-state index in [1.165, 1.54) is 12.1 Å². The number of nitro groups is 2. The minimum atomic E-state index is -0.570. The largest absolute Gasteiger partial charge is 0.306 e. The number of imidazole rings is 1. The van der Waals surface area contributed by atoms with Gasteiger partial charge in [0.15, 0.2) is 0 Å². The van der Waals surface area contributed by atoms with Crippen LogP contribution in [0.4, 0.5) is 15.8 Å². The predicted molar refractivity (Wildman–Crippen MR) is 88.0 cm³/mol. The third-order valence-corrected chi connectivity index (χ3v) is 3.11. The van der Waals surface area contributed by atoms with Crippen LogP contribution in [0.2, 0.25) is 0 Å². The molecule has 2 aromatic carbocycles. The lowest BCUT2D eigenvalue weighted by Gasteiger charge is -2.00. The fourth-order valence-electron chi connectivity index (χ4n) is 1.87. The summed E-state index contributed by atoms with van der Waals surface area (Å²) in [5.74, 6) is -0.467. The topological polar surface area (TPSA) is 104 Å². The van der Waals surface area contributed by atoms with Crippen molar-refractivity contribution in [2.45, 2.75) is 6.92 Å². The second-order valence-corrected chi connectivity index (χ2v) is 4.93. The lowest BCUT2D eigenvalue weighted by atomic mass is 10.3. The van der Waals surface area contributed by atoms with Gasteiger partial charge in [0.1, 0.15) is 5.82 Å². The van der Waals surface area contributed by atoms with Gasteiger partial charge >= 0.3 is 0 Å². The Labute approximate surface area is 141 Å². The number of benzene rings is 2. The van der Waals surface area contributed by atoms with Crippen molar-refractivity contribution in [2.24, 2.45) is 0 Å². The van der Waals surface area contributed by atoms with E-state index in [2.05, 4.69) is 4.98 Å². The molecule has 0 fully saturated rings. The van der Waals surface area contributed by atoms with E-state index < -0.39 is 15.7 Å². The van der Waals surface area contributed by atoms with Gasteiger partial charge in [0.05, 0.1) is 21.9 Å². The van der Waals surface area contributed by atoms with Gasteiger partial charge in [-0.2, -0.15) is 0 Å². The molecule has 128 valence electrons. The van der Waals surface area contributed by atoms with Crippen LogP contribution in [0.3, 0.4) is 0 Å². The van der Waals surface area contributed by atoms with Gasteiger partial charge in [0.25, 0.3) is 11.4 Å². The van der Waals surface area contributed by atoms with E-state index in [0.29, 0.717) is 0 Å². The zero-order valence-electron chi connectivity index (χ0n) is 13.1. The van der Waals surface area contributed by atoms with Gasteiger partial charge < -0.3 is 4.57 Å². The van der Waals surface area contributed by atoms with Crippen molar-refractivity contribution < 1.29 is 14.2 Å². The smallest absolute Gasteiger partial charge is 0.269 e. The Morgan fingerprint density at radius 1 is 0.920 bits per heavy atom. The van der Waals surface area contributed by atoms with E-state index in [0.717, 1.165) is 35.6 Å². The molecule has 0 saturated heterocycles. The van der Waals surface area contributed by atoms with Crippen molar-refractivity contribution >= 4 is 11.4 Å². The summed E-state index contributed by atoms with van der Waals surface area (Å²) in [4.78, 5) is 23.5. The van der Waals surface area contributed by atoms with E-state index in [4.69, 9.17) is 0 Å². The van der Waals surface area contributed by atoms with E-state index in [1.807, 2.05) is 17.7 Å². The van der Waals surface area contributed by atoms with Crippen LogP contribution in [0.5, 0.6) is 0 Å². The molecule has 0 spiro atoms. The number of hydrogen-bond donors (Lipinski definition) is 0. The van der Waals surface area contributed by atoms with Crippen molar-refractivity contribution in [3.05, 3.63) is 92.8 Å². The molecular weight excluding hydrogens is 331 g/mol. The van der Waals surface area contributed by atoms with Crippen molar-refractivity contribution in [2.75, 3.05) is 0 Å². The van der Waals surface area contributed by atoms with Crippen molar-refractivity contribution in [1.82, 2.24) is 9.55 Å². The Balaban J connectivity index is 0.000000196. The zero-order valence-corrected chi connectivity index (χ0v) is 13.1. The van der Waals surface area contributed by atoms with Crippen LogP contribution < -0.4 is 0 Å². The molecule has 3 aromatic rings. The maximum atomic E-state index is 12.1. The summed E-state index contributed by atoms with van der Waals surface area (Å²) in [6, 6.07) is 10.7. The maximum absolute atomic E-state index is 12.1. The van der Waals surface area contributed by atoms with Crippen LogP contribution in [0.25, 0.3) is 5.69 Å². The van der Waals surface area contributed by atoms with Gasteiger partial charge in [0.2, 0.25) is 0 Å². The fourth-order valence-corrected chi connectivity index (χ4v) is 1.87. The standard InChI is InChI=1S/C10H9N3O2.C6H4FNO2/c1-8-6-12(7-11-8)9-2-4-10(5-3-9)13(14)15;7-5-1-3-6(4-2-5)8(9)10/h2-7H,1H3;1-4H. The lowest BCUT2D eigenvalue weighted by Crippen LogP contribution is -1.91. The number of aromatic nitrogens is 2. The number of aryl methyl sites for hydroxylation is 1. The Bertz CT molecular complexity index is 876. The number of nitro benzene ring substituents is 2. The molecule has 1 heterocycles. The Morgan fingerprint density at radius 2 is 1.40 bits per heavy atom. The van der Waals surface area contributed by atoms with Crippen LogP contribution in [0.1, 0.15) is 5.69 Å². The van der Waals surface area contributed by atoms with E-state index in [-0.39, 0.29) is 11.4 Å². The van der Waals surface area contributed by atoms with Crippen LogP contribution >= 0.6 is 0 Å². The Kier molecular flexibility index (Phi) is 5.51. The summed E-state index contributed by atoms with van der Waals surface area (Å²) in [5, 5.41) is 20.4. The number of rotatable bonds is 3. The molecule has 0 radical (unpaired) electrons. The molecule has 0 amide bonds. The lowest BCUT2D eigenvalue weighted by molar-refractivity contribution is -0.385. The first-order valence-corrected chi connectivity index (χ1v) is 7.02. The van der Waals surface area contributed by atoms with Gasteiger partial charge in [-0.25, -0.2) is 9.37 Å². The molecule has 0 aliphatic rings. The van der Waals surface area contributed by atoms with Crippen molar-refractivity contribution in [1.29, 1.82) is 0 Å². The van der Waals surface area contributed by atoms with Gasteiger partial charge in [-0.3, -0.25) is 20.2 Å². The van der Waals surface area contributed by atoms with Gasteiger partial charge in [-0.15, -0.1) is 0 Å². The molecule has 3 rings (SSSR count). The van der Waals surface area contributed by atoms with Gasteiger partial charge in [-0.05, 0) is 31.2 Å². The summed E-state index contributed by atoms with van der Waals surface area (Å²) >= 11 is 0. The molecule has 0 aliphatic carbocycles. The molecule has 0 N–H and O–H groups in total. The maximum Gasteiger partial charge on any atom is 0.269 e. The molecule has 0 saturated carbocycles. The highest BCUT2D eigenvalue weighted by Crippen LogP contribution is 2.15. The first kappa shape index (κ1) is 17.7. The summed E-state index contributed by atoms with van der Waals surface area (Å²) in [7, 11) is 0. The van der Waals surface area contributed by atoms with E-state index >= 15 is 0 Å². The third kappa shape index (κ3) is 4.93. The number of halogens is 1. The second-order valence-electron chi connectivity index (χ2n) is 4.93. The molecule has 1 aromatic heterocycles. The van der Waals surface area contributed by atoms with Crippen LogP contribution in [-0.4, -0.2) is 19.4 Å². The number of nitrogens with zero attached hydrogens (tertiary/aromatic N) is 4. The molecule has 8 nitrogen and oxygen atoms in total. The minimum Gasteiger partial charge on any atom is -0.306 e. The number of hydrogen-bond acceptors (Lipinski definition) is 5. The van der Waals surface area contributed by atoms with Gasteiger partial charge in [-0.1, -0.05) is 0 Å². The highest BCUT2D eigenvalue weighted by molar-refractivity contribution is 5.40. The zero-order chi connectivity index (χ0) is 18.4. The SMILES string of the molecule is Cc1cn(-c2ccc([N+](=O)[O-])cc2)cn1.O=[N+]([O-])c1ccc(F)cc1. The van der Waals surface area contributed by atoms with Crippen LogP contribution in [0, 0.1) is 33.0 Å². The van der Waals surface area contributed by atoms with Crippen LogP contribution in [0.15, 0.2) is 61.1 Å². The second kappa shape index (κ2) is 7.77. The summed E-state index contributed by atoms with van der Waals surface area (Å²) in [6.07, 6.45) is 3.54. The molecular formula is C16H13FN4O4. The summed E-state index contributed by atoms with van der Waals surface area (Å²) in [6.45, 7) is 1.89. The third-order valence-electron chi connectivity index (χ3n) is 3.11. The molecule has 0 bridgehead atoms. The average molecular weight is 344 g/mol. The highest BCUT2D eigenvalue weighted by Gasteiger charge is 2.04. The van der Waals surface area contributed by atoms with E-state index in [1.54, 1.807) is 18.5 Å². The van der Waals surface area contributed by atoms with Crippen LogP contribution in [-0.2, 0) is 0 Å². The van der Waals surface area contributed by atoms with E-state index in [9.17, 15) is 24.6 Å². The number of non-ortho nitro benzene ring substituents is 2. The summed E-state index contributed by atoms with van der Waals surface area (Å²) in [5.41, 5.74) is 1.77.